The molecule has 1 heterocycles. The molecule has 0 saturated carbocycles. The average Bonchev–Trinajstić information content (AvgIpc) is 2.34. The first-order valence-corrected chi connectivity index (χ1v) is 6.33. The predicted molar refractivity (Wildman–Crippen MR) is 83.4 cm³/mol. The Bertz CT molecular complexity index is 403. The van der Waals surface area contributed by atoms with Crippen molar-refractivity contribution in [3.05, 3.63) is 17.7 Å². The fraction of sp³-hybridized carbons (Fsp3) is 0.538. The molecule has 1 aromatic carbocycles. The van der Waals surface area contributed by atoms with Crippen LogP contribution in [0.15, 0.2) is 12.1 Å². The number of hydrogen-bond acceptors (Lipinski definition) is 5. The summed E-state index contributed by atoms with van der Waals surface area (Å²) >= 11 is 0. The molecule has 20 heavy (non-hydrogen) atoms. The van der Waals surface area contributed by atoms with Gasteiger partial charge in [-0.15, -0.1) is 24.8 Å². The molecule has 5 nitrogen and oxygen atoms in total. The lowest BCUT2D eigenvalue weighted by atomic mass is 9.99. The van der Waals surface area contributed by atoms with Gasteiger partial charge in [0.25, 0.3) is 0 Å². The molecule has 0 unspecified atom stereocenters. The van der Waals surface area contributed by atoms with Crippen molar-refractivity contribution in [3.63, 3.8) is 0 Å². The number of piperazine rings is 1. The van der Waals surface area contributed by atoms with Crippen LogP contribution in [-0.2, 0) is 0 Å². The van der Waals surface area contributed by atoms with Crippen molar-refractivity contribution in [1.29, 1.82) is 0 Å². The highest BCUT2D eigenvalue weighted by Crippen LogP contribution is 2.40. The van der Waals surface area contributed by atoms with E-state index in [9.17, 15) is 15.3 Å². The van der Waals surface area contributed by atoms with Crippen molar-refractivity contribution in [2.75, 3.05) is 26.2 Å². The maximum Gasteiger partial charge on any atom is 0.127 e. The Hall–Kier alpha value is -0.880. The molecule has 2 rings (SSSR count). The van der Waals surface area contributed by atoms with E-state index in [1.54, 1.807) is 0 Å². The van der Waals surface area contributed by atoms with Crippen molar-refractivity contribution < 1.29 is 15.3 Å². The van der Waals surface area contributed by atoms with Crippen LogP contribution in [0.1, 0.15) is 24.9 Å². The lowest BCUT2D eigenvalue weighted by Gasteiger charge is -2.35. The van der Waals surface area contributed by atoms with Crippen LogP contribution in [0.3, 0.4) is 0 Å². The molecule has 1 saturated heterocycles. The first kappa shape index (κ1) is 19.1. The molecule has 1 aliphatic heterocycles. The van der Waals surface area contributed by atoms with Gasteiger partial charge in [-0.1, -0.05) is 6.92 Å². The van der Waals surface area contributed by atoms with Crippen molar-refractivity contribution in [1.82, 2.24) is 10.2 Å². The van der Waals surface area contributed by atoms with E-state index in [-0.39, 0.29) is 48.1 Å². The van der Waals surface area contributed by atoms with E-state index in [1.165, 1.54) is 12.1 Å². The summed E-state index contributed by atoms with van der Waals surface area (Å²) in [5.41, 5.74) is 0.511. The monoisotopic (exact) mass is 324 g/mol. The minimum Gasteiger partial charge on any atom is -0.508 e. The summed E-state index contributed by atoms with van der Waals surface area (Å²) in [4.78, 5) is 2.24. The van der Waals surface area contributed by atoms with Crippen molar-refractivity contribution in [3.8, 4) is 17.2 Å². The maximum atomic E-state index is 9.94. The largest absolute Gasteiger partial charge is 0.508 e. The number of nitrogens with one attached hydrogen (secondary N) is 1. The van der Waals surface area contributed by atoms with Crippen LogP contribution in [0, 0.1) is 0 Å². The summed E-state index contributed by atoms with van der Waals surface area (Å²) in [6, 6.07) is 2.53. The first-order chi connectivity index (χ1) is 8.63. The molecule has 1 fully saturated rings. The van der Waals surface area contributed by atoms with Crippen LogP contribution >= 0.6 is 24.8 Å². The van der Waals surface area contributed by atoms with Crippen LogP contribution in [0.25, 0.3) is 0 Å². The normalized spacial score (nSPS) is 16.9. The fourth-order valence-corrected chi connectivity index (χ4v) is 2.59. The Labute approximate surface area is 131 Å². The summed E-state index contributed by atoms with van der Waals surface area (Å²) in [5, 5.41) is 32.5. The molecule has 1 atom stereocenters. The molecule has 0 radical (unpaired) electrons. The van der Waals surface area contributed by atoms with E-state index >= 15 is 0 Å². The van der Waals surface area contributed by atoms with Crippen LogP contribution in [0.2, 0.25) is 0 Å². The molecule has 4 N–H and O–H groups in total. The van der Waals surface area contributed by atoms with Gasteiger partial charge in [-0.05, 0) is 6.42 Å². The molecule has 0 bridgehead atoms. The van der Waals surface area contributed by atoms with Gasteiger partial charge >= 0.3 is 0 Å². The Morgan fingerprint density at radius 1 is 1.10 bits per heavy atom. The Balaban J connectivity index is 0.00000180. The highest BCUT2D eigenvalue weighted by atomic mass is 35.5. The highest BCUT2D eigenvalue weighted by Gasteiger charge is 2.26. The van der Waals surface area contributed by atoms with Gasteiger partial charge in [0.15, 0.2) is 0 Å². The van der Waals surface area contributed by atoms with Gasteiger partial charge in [0.2, 0.25) is 0 Å². The maximum absolute atomic E-state index is 9.94. The van der Waals surface area contributed by atoms with Gasteiger partial charge in [0.05, 0.1) is 5.56 Å². The minimum atomic E-state index is -0.121. The second kappa shape index (κ2) is 8.42. The van der Waals surface area contributed by atoms with Gasteiger partial charge in [0.1, 0.15) is 17.2 Å². The number of benzene rings is 1. The van der Waals surface area contributed by atoms with E-state index < -0.39 is 0 Å². The molecule has 116 valence electrons. The van der Waals surface area contributed by atoms with E-state index in [1.807, 2.05) is 6.92 Å². The average molecular weight is 325 g/mol. The second-order valence-corrected chi connectivity index (χ2v) is 4.61. The summed E-state index contributed by atoms with van der Waals surface area (Å²) in [7, 11) is 0. The third-order valence-electron chi connectivity index (χ3n) is 3.43. The summed E-state index contributed by atoms with van der Waals surface area (Å²) in [6.07, 6.45) is 0.798. The van der Waals surface area contributed by atoms with Gasteiger partial charge in [-0.3, -0.25) is 4.90 Å². The van der Waals surface area contributed by atoms with Crippen LogP contribution < -0.4 is 5.32 Å². The third-order valence-corrected chi connectivity index (χ3v) is 3.43. The van der Waals surface area contributed by atoms with E-state index in [2.05, 4.69) is 10.2 Å². The number of phenols is 3. The van der Waals surface area contributed by atoms with Gasteiger partial charge in [-0.25, -0.2) is 0 Å². The lowest BCUT2D eigenvalue weighted by Crippen LogP contribution is -2.45. The van der Waals surface area contributed by atoms with Crippen LogP contribution in [0.4, 0.5) is 0 Å². The molecule has 1 aliphatic rings. The SMILES string of the molecule is CC[C@@H](c1c(O)cc(O)cc1O)N1CCNCC1.Cl.Cl. The fourth-order valence-electron chi connectivity index (χ4n) is 2.59. The molecule has 7 heteroatoms. The van der Waals surface area contributed by atoms with E-state index in [0.717, 1.165) is 32.6 Å². The molecule has 0 aromatic heterocycles. The molecule has 0 amide bonds. The smallest absolute Gasteiger partial charge is 0.127 e. The number of phenolic OH excluding ortho intramolecular Hbond substituents is 3. The highest BCUT2D eigenvalue weighted by molar-refractivity contribution is 5.85. The number of rotatable bonds is 3. The molecule has 0 aliphatic carbocycles. The van der Waals surface area contributed by atoms with Crippen LogP contribution in [-0.4, -0.2) is 46.4 Å². The quantitative estimate of drug-likeness (QED) is 0.684. The Morgan fingerprint density at radius 2 is 1.60 bits per heavy atom. The predicted octanol–water partition coefficient (Wildman–Crippen LogP) is 2.00. The number of hydrogen-bond donors (Lipinski definition) is 4. The number of halogens is 2. The second-order valence-electron chi connectivity index (χ2n) is 4.61. The zero-order valence-electron chi connectivity index (χ0n) is 11.4. The standard InChI is InChI=1S/C13H20N2O3.2ClH/c1-2-10(15-5-3-14-4-6-15)13-11(17)7-9(16)8-12(13)18;;/h7-8,10,14,16-18H,2-6H2,1H3;2*1H/t10-;;/m0../s1. The summed E-state index contributed by atoms with van der Waals surface area (Å²) in [5.74, 6) is -0.209. The zero-order chi connectivity index (χ0) is 13.1. The van der Waals surface area contributed by atoms with Crippen LogP contribution in [0.5, 0.6) is 17.2 Å². The van der Waals surface area contributed by atoms with Crippen molar-refractivity contribution >= 4 is 24.8 Å². The van der Waals surface area contributed by atoms with Crippen molar-refractivity contribution in [2.45, 2.75) is 19.4 Å². The zero-order valence-corrected chi connectivity index (χ0v) is 13.0. The third kappa shape index (κ3) is 4.06. The number of nitrogens with zero attached hydrogens (tertiary/aromatic N) is 1. The topological polar surface area (TPSA) is 76.0 Å². The summed E-state index contributed by atoms with van der Waals surface area (Å²) in [6.45, 7) is 5.63. The molecule has 1 aromatic rings. The van der Waals surface area contributed by atoms with Gasteiger partial charge < -0.3 is 20.6 Å². The first-order valence-electron chi connectivity index (χ1n) is 6.33. The van der Waals surface area contributed by atoms with Crippen molar-refractivity contribution in [2.24, 2.45) is 0 Å². The van der Waals surface area contributed by atoms with E-state index in [4.69, 9.17) is 0 Å². The molecular weight excluding hydrogens is 303 g/mol. The molecular formula is C13H22Cl2N2O3. The molecule has 0 spiro atoms. The minimum absolute atomic E-state index is 0. The Morgan fingerprint density at radius 3 is 2.05 bits per heavy atom. The lowest BCUT2D eigenvalue weighted by molar-refractivity contribution is 0.164. The number of aromatic hydroxyl groups is 3. The Kier molecular flexibility index (Phi) is 8.05. The van der Waals surface area contributed by atoms with Gasteiger partial charge in [0, 0.05) is 44.4 Å². The van der Waals surface area contributed by atoms with E-state index in [0.29, 0.717) is 5.56 Å². The summed E-state index contributed by atoms with van der Waals surface area (Å²) < 4.78 is 0. The van der Waals surface area contributed by atoms with Gasteiger partial charge in [-0.2, -0.15) is 0 Å².